The van der Waals surface area contributed by atoms with Crippen molar-refractivity contribution in [3.63, 3.8) is 0 Å². The molecule has 2 N–H and O–H groups in total. The van der Waals surface area contributed by atoms with Crippen LogP contribution in [0, 0.1) is 5.92 Å². The Balaban J connectivity index is 1.99. The van der Waals surface area contributed by atoms with Crippen LogP contribution in [-0.2, 0) is 24.9 Å². The number of aryl methyl sites for hydroxylation is 1. The Labute approximate surface area is 165 Å². The van der Waals surface area contributed by atoms with Crippen molar-refractivity contribution in [1.29, 1.82) is 0 Å². The molecule has 0 bridgehead atoms. The van der Waals surface area contributed by atoms with Crippen molar-refractivity contribution < 1.29 is 9.53 Å². The summed E-state index contributed by atoms with van der Waals surface area (Å²) >= 11 is 0. The molecule has 1 aliphatic rings. The monoisotopic (exact) mass is 398 g/mol. The molecule has 2 aromatic heterocycles. The first-order valence-electron chi connectivity index (χ1n) is 9.21. The van der Waals surface area contributed by atoms with Gasteiger partial charge in [0.15, 0.2) is 11.2 Å². The topological polar surface area (TPSA) is 117 Å². The maximum Gasteiger partial charge on any atom is 0.332 e. The molecule has 3 heterocycles. The minimum atomic E-state index is -0.756. The Morgan fingerprint density at radius 2 is 2.07 bits per heavy atom. The summed E-state index contributed by atoms with van der Waals surface area (Å²) in [5.41, 5.74) is 5.46. The summed E-state index contributed by atoms with van der Waals surface area (Å²) < 4.78 is 9.27. The molecular weight excluding hydrogens is 376 g/mol. The van der Waals surface area contributed by atoms with Gasteiger partial charge >= 0.3 is 5.69 Å². The van der Waals surface area contributed by atoms with Gasteiger partial charge in [-0.1, -0.05) is 13.0 Å². The van der Waals surface area contributed by atoms with Gasteiger partial charge in [0.2, 0.25) is 11.9 Å². The lowest BCUT2D eigenvalue weighted by atomic mass is 10.1. The highest BCUT2D eigenvalue weighted by molar-refractivity contribution is 5.78. The number of primary amides is 1. The van der Waals surface area contributed by atoms with Gasteiger partial charge in [-0.2, -0.15) is 4.98 Å². The molecule has 29 heavy (non-hydrogen) atoms. The van der Waals surface area contributed by atoms with Gasteiger partial charge in [-0.3, -0.25) is 14.2 Å². The molecule has 0 fully saturated rings. The van der Waals surface area contributed by atoms with E-state index >= 15 is 0 Å². The molecule has 0 saturated carbocycles. The second kappa shape index (κ2) is 6.80. The van der Waals surface area contributed by atoms with Crippen LogP contribution in [0.3, 0.4) is 0 Å². The number of rotatable bonds is 4. The van der Waals surface area contributed by atoms with E-state index in [0.717, 1.165) is 10.3 Å². The predicted molar refractivity (Wildman–Crippen MR) is 108 cm³/mol. The first-order chi connectivity index (χ1) is 13.8. The number of ether oxygens (including phenoxy) is 1. The van der Waals surface area contributed by atoms with Gasteiger partial charge < -0.3 is 19.9 Å². The number of hydrogen-bond acceptors (Lipinski definition) is 6. The van der Waals surface area contributed by atoms with Crippen LogP contribution in [0.5, 0.6) is 5.75 Å². The lowest BCUT2D eigenvalue weighted by Gasteiger charge is -2.33. The molecule has 1 aromatic carbocycles. The van der Waals surface area contributed by atoms with Crippen LogP contribution in [0.4, 0.5) is 11.6 Å². The number of aromatic nitrogens is 4. The van der Waals surface area contributed by atoms with E-state index in [2.05, 4.69) is 11.9 Å². The van der Waals surface area contributed by atoms with E-state index in [1.165, 1.54) is 11.6 Å². The Morgan fingerprint density at radius 1 is 1.31 bits per heavy atom. The van der Waals surface area contributed by atoms with E-state index < -0.39 is 23.7 Å². The third-order valence-electron chi connectivity index (χ3n) is 5.12. The molecule has 10 heteroatoms. The molecule has 10 nitrogen and oxygen atoms in total. The SMILES string of the molecule is COc1cccc(N2CC(C)Cn3c2nc2c3c(=O)n(CC(N)=O)c(=O)n2C)c1. The number of hydrogen-bond donors (Lipinski definition) is 1. The zero-order valence-corrected chi connectivity index (χ0v) is 16.5. The standard InChI is InChI=1S/C19H22N6O4/c1-11-8-23(12-5-4-6-13(7-12)29-3)18-21-16-15(24(18)9-11)17(27)25(10-14(20)26)19(28)22(16)2/h4-7,11H,8-10H2,1-3H3,(H2,20,26). The average Bonchev–Trinajstić information content (AvgIpc) is 3.08. The van der Waals surface area contributed by atoms with Crippen molar-refractivity contribution in [2.45, 2.75) is 20.0 Å². The molecule has 1 atom stereocenters. The van der Waals surface area contributed by atoms with E-state index in [9.17, 15) is 14.4 Å². The van der Waals surface area contributed by atoms with Crippen LogP contribution in [0.25, 0.3) is 11.2 Å². The molecule has 1 aliphatic heterocycles. The molecule has 0 aliphatic carbocycles. The lowest BCUT2D eigenvalue weighted by Crippen LogP contribution is -2.43. The zero-order chi connectivity index (χ0) is 20.9. The van der Waals surface area contributed by atoms with Gasteiger partial charge in [0, 0.05) is 31.9 Å². The number of imidazole rings is 1. The highest BCUT2D eigenvalue weighted by Gasteiger charge is 2.30. The number of carbonyl (C=O) groups excluding carboxylic acids is 1. The maximum absolute atomic E-state index is 13.1. The second-order valence-corrected chi connectivity index (χ2v) is 7.31. The first kappa shape index (κ1) is 18.8. The van der Waals surface area contributed by atoms with Crippen LogP contribution >= 0.6 is 0 Å². The van der Waals surface area contributed by atoms with E-state index in [1.807, 2.05) is 33.7 Å². The molecular formula is C19H22N6O4. The molecule has 1 amide bonds. The van der Waals surface area contributed by atoms with Crippen LogP contribution in [0.15, 0.2) is 33.9 Å². The van der Waals surface area contributed by atoms with Gasteiger partial charge in [-0.15, -0.1) is 0 Å². The molecule has 0 saturated heterocycles. The minimum Gasteiger partial charge on any atom is -0.497 e. The predicted octanol–water partition coefficient (Wildman–Crippen LogP) is 0.178. The number of benzene rings is 1. The van der Waals surface area contributed by atoms with E-state index in [4.69, 9.17) is 10.5 Å². The van der Waals surface area contributed by atoms with Crippen molar-refractivity contribution in [2.75, 3.05) is 18.6 Å². The van der Waals surface area contributed by atoms with Crippen LogP contribution < -0.4 is 26.6 Å². The normalized spacial score (nSPS) is 16.1. The fraction of sp³-hybridized carbons (Fsp3) is 0.368. The Morgan fingerprint density at radius 3 is 2.76 bits per heavy atom. The van der Waals surface area contributed by atoms with E-state index in [0.29, 0.717) is 24.8 Å². The molecule has 0 spiro atoms. The summed E-state index contributed by atoms with van der Waals surface area (Å²) in [6.07, 6.45) is 0. The third-order valence-corrected chi connectivity index (χ3v) is 5.12. The largest absolute Gasteiger partial charge is 0.497 e. The van der Waals surface area contributed by atoms with Gasteiger partial charge in [0.25, 0.3) is 5.56 Å². The van der Waals surface area contributed by atoms with Gasteiger partial charge in [0.05, 0.1) is 7.11 Å². The van der Waals surface area contributed by atoms with Gasteiger partial charge in [0.1, 0.15) is 12.3 Å². The summed E-state index contributed by atoms with van der Waals surface area (Å²) in [7, 11) is 3.13. The number of fused-ring (bicyclic) bond motifs is 3. The molecule has 0 radical (unpaired) electrons. The highest BCUT2D eigenvalue weighted by Crippen LogP contribution is 2.34. The van der Waals surface area contributed by atoms with Crippen molar-refractivity contribution in [1.82, 2.24) is 18.7 Å². The number of nitrogens with two attached hydrogens (primary N) is 1. The van der Waals surface area contributed by atoms with E-state index in [-0.39, 0.29) is 17.1 Å². The van der Waals surface area contributed by atoms with E-state index in [1.54, 1.807) is 7.11 Å². The first-order valence-corrected chi connectivity index (χ1v) is 9.21. The van der Waals surface area contributed by atoms with Crippen molar-refractivity contribution in [2.24, 2.45) is 18.7 Å². The highest BCUT2D eigenvalue weighted by atomic mass is 16.5. The minimum absolute atomic E-state index is 0.215. The summed E-state index contributed by atoms with van der Waals surface area (Å²) in [5.74, 6) is 0.732. The average molecular weight is 398 g/mol. The van der Waals surface area contributed by atoms with Crippen molar-refractivity contribution in [3.8, 4) is 5.75 Å². The fourth-order valence-electron chi connectivity index (χ4n) is 3.80. The summed E-state index contributed by atoms with van der Waals surface area (Å²) in [5, 5.41) is 0. The smallest absolute Gasteiger partial charge is 0.332 e. The zero-order valence-electron chi connectivity index (χ0n) is 16.5. The van der Waals surface area contributed by atoms with Crippen molar-refractivity contribution in [3.05, 3.63) is 45.1 Å². The van der Waals surface area contributed by atoms with Crippen molar-refractivity contribution >= 4 is 28.7 Å². The number of amides is 1. The Hall–Kier alpha value is -3.56. The fourth-order valence-corrected chi connectivity index (χ4v) is 3.80. The maximum atomic E-state index is 13.1. The second-order valence-electron chi connectivity index (χ2n) is 7.31. The number of carbonyl (C=O) groups is 1. The van der Waals surface area contributed by atoms with Crippen LogP contribution in [-0.4, -0.2) is 38.2 Å². The number of anilines is 2. The van der Waals surface area contributed by atoms with Gasteiger partial charge in [-0.05, 0) is 18.1 Å². The molecule has 3 aromatic rings. The van der Waals surface area contributed by atoms with Crippen LogP contribution in [0.1, 0.15) is 6.92 Å². The van der Waals surface area contributed by atoms with Gasteiger partial charge in [-0.25, -0.2) is 9.36 Å². The quantitative estimate of drug-likeness (QED) is 0.670. The summed E-state index contributed by atoms with van der Waals surface area (Å²) in [4.78, 5) is 43.6. The Kier molecular flexibility index (Phi) is 4.40. The lowest BCUT2D eigenvalue weighted by molar-refractivity contribution is -0.118. The molecule has 1 unspecified atom stereocenters. The molecule has 4 rings (SSSR count). The van der Waals surface area contributed by atoms with Crippen LogP contribution in [0.2, 0.25) is 0 Å². The summed E-state index contributed by atoms with van der Waals surface area (Å²) in [6, 6.07) is 7.57. The third kappa shape index (κ3) is 2.96. The summed E-state index contributed by atoms with van der Waals surface area (Å²) in [6.45, 7) is 2.86. The Bertz CT molecular complexity index is 1240. The number of methoxy groups -OCH3 is 1. The number of nitrogens with zero attached hydrogens (tertiary/aromatic N) is 5. The molecule has 152 valence electrons.